The summed E-state index contributed by atoms with van der Waals surface area (Å²) in [7, 11) is 1.42. The Morgan fingerprint density at radius 2 is 2.11 bits per heavy atom. The van der Waals surface area contributed by atoms with Crippen molar-refractivity contribution in [3.63, 3.8) is 0 Å². The van der Waals surface area contributed by atoms with Crippen LogP contribution < -0.4 is 15.8 Å². The molecule has 94 valence electrons. The number of hydrogen-bond donors (Lipinski definition) is 2. The van der Waals surface area contributed by atoms with E-state index in [1.807, 2.05) is 0 Å². The topological polar surface area (TPSA) is 86.0 Å². The van der Waals surface area contributed by atoms with Crippen molar-refractivity contribution in [2.24, 2.45) is 0 Å². The number of halogens is 2. The highest BCUT2D eigenvalue weighted by atomic mass is 79.9. The molecule has 8 heteroatoms. The quantitative estimate of drug-likeness (QED) is 0.902. The highest BCUT2D eigenvalue weighted by Gasteiger charge is 2.07. The summed E-state index contributed by atoms with van der Waals surface area (Å²) in [5, 5.41) is 2.88. The summed E-state index contributed by atoms with van der Waals surface area (Å²) in [4.78, 5) is 11.6. The Kier molecular flexibility index (Phi) is 3.56. The van der Waals surface area contributed by atoms with Gasteiger partial charge in [-0.1, -0.05) is 0 Å². The SMILES string of the molecule is COc1nc(N)nc(Nc2ccc(F)cc2Br)n1. The average molecular weight is 314 g/mol. The van der Waals surface area contributed by atoms with E-state index in [2.05, 4.69) is 36.2 Å². The minimum atomic E-state index is -0.347. The van der Waals surface area contributed by atoms with Crippen LogP contribution in [0.5, 0.6) is 6.01 Å². The van der Waals surface area contributed by atoms with E-state index in [-0.39, 0.29) is 23.7 Å². The van der Waals surface area contributed by atoms with Gasteiger partial charge >= 0.3 is 6.01 Å². The number of benzene rings is 1. The third-order valence-electron chi connectivity index (χ3n) is 1.99. The Morgan fingerprint density at radius 1 is 1.33 bits per heavy atom. The van der Waals surface area contributed by atoms with Gasteiger partial charge in [0, 0.05) is 4.47 Å². The molecule has 0 fully saturated rings. The number of ether oxygens (including phenoxy) is 1. The maximum atomic E-state index is 12.9. The van der Waals surface area contributed by atoms with E-state index in [4.69, 9.17) is 10.5 Å². The van der Waals surface area contributed by atoms with E-state index >= 15 is 0 Å². The summed E-state index contributed by atoms with van der Waals surface area (Å²) in [6.07, 6.45) is 0. The van der Waals surface area contributed by atoms with E-state index in [1.54, 1.807) is 6.07 Å². The number of nitrogen functional groups attached to an aromatic ring is 1. The third kappa shape index (κ3) is 2.83. The van der Waals surface area contributed by atoms with Crippen LogP contribution in [0.25, 0.3) is 0 Å². The lowest BCUT2D eigenvalue weighted by atomic mass is 10.3. The molecule has 3 N–H and O–H groups in total. The lowest BCUT2D eigenvalue weighted by Gasteiger charge is -2.08. The fraction of sp³-hybridized carbons (Fsp3) is 0.100. The minimum absolute atomic E-state index is 0.0302. The number of aromatic nitrogens is 3. The van der Waals surface area contributed by atoms with Crippen molar-refractivity contribution in [1.29, 1.82) is 0 Å². The Balaban J connectivity index is 2.30. The van der Waals surface area contributed by atoms with Crippen LogP contribution in [0.1, 0.15) is 0 Å². The molecule has 18 heavy (non-hydrogen) atoms. The summed E-state index contributed by atoms with van der Waals surface area (Å²) in [6, 6.07) is 4.29. The first-order valence-electron chi connectivity index (χ1n) is 4.86. The van der Waals surface area contributed by atoms with Gasteiger partial charge in [-0.2, -0.15) is 15.0 Å². The molecule has 0 saturated carbocycles. The molecule has 2 aromatic rings. The first kappa shape index (κ1) is 12.5. The zero-order valence-electron chi connectivity index (χ0n) is 9.32. The number of anilines is 3. The molecule has 0 saturated heterocycles. The van der Waals surface area contributed by atoms with Gasteiger partial charge in [0.2, 0.25) is 11.9 Å². The summed E-state index contributed by atoms with van der Waals surface area (Å²) < 4.78 is 18.3. The largest absolute Gasteiger partial charge is 0.467 e. The van der Waals surface area contributed by atoms with Gasteiger partial charge in [0.05, 0.1) is 12.8 Å². The normalized spacial score (nSPS) is 10.2. The number of hydrogen-bond acceptors (Lipinski definition) is 6. The molecule has 1 heterocycles. The van der Waals surface area contributed by atoms with E-state index in [9.17, 15) is 4.39 Å². The molecule has 2 rings (SSSR count). The lowest BCUT2D eigenvalue weighted by Crippen LogP contribution is -2.05. The Morgan fingerprint density at radius 3 is 2.78 bits per heavy atom. The molecular formula is C10H9BrFN5O. The smallest absolute Gasteiger partial charge is 0.322 e. The van der Waals surface area contributed by atoms with Crippen LogP contribution in [0.15, 0.2) is 22.7 Å². The molecule has 0 amide bonds. The molecule has 0 bridgehead atoms. The van der Waals surface area contributed by atoms with Gasteiger partial charge in [-0.25, -0.2) is 4.39 Å². The van der Waals surface area contributed by atoms with Crippen LogP contribution in [0, 0.1) is 5.82 Å². The molecule has 0 aliphatic carbocycles. The molecule has 0 radical (unpaired) electrons. The zero-order chi connectivity index (χ0) is 13.1. The molecule has 1 aromatic heterocycles. The maximum Gasteiger partial charge on any atom is 0.322 e. The number of nitrogens with one attached hydrogen (secondary N) is 1. The predicted molar refractivity (Wildman–Crippen MR) is 68.2 cm³/mol. The van der Waals surface area contributed by atoms with Crippen molar-refractivity contribution < 1.29 is 9.13 Å². The van der Waals surface area contributed by atoms with E-state index < -0.39 is 0 Å². The first-order valence-corrected chi connectivity index (χ1v) is 5.65. The van der Waals surface area contributed by atoms with Crippen molar-refractivity contribution in [3.05, 3.63) is 28.5 Å². The second kappa shape index (κ2) is 5.13. The summed E-state index contributed by atoms with van der Waals surface area (Å²) >= 11 is 3.22. The molecule has 0 aliphatic rings. The molecule has 1 aromatic carbocycles. The number of rotatable bonds is 3. The van der Waals surface area contributed by atoms with Gasteiger partial charge in [-0.3, -0.25) is 0 Å². The van der Waals surface area contributed by atoms with Gasteiger partial charge in [0.15, 0.2) is 0 Å². The van der Waals surface area contributed by atoms with E-state index in [1.165, 1.54) is 19.2 Å². The fourth-order valence-electron chi connectivity index (χ4n) is 1.23. The summed E-state index contributed by atoms with van der Waals surface area (Å²) in [5.74, 6) is -0.102. The average Bonchev–Trinajstić information content (AvgIpc) is 2.32. The molecule has 6 nitrogen and oxygen atoms in total. The summed E-state index contributed by atoms with van der Waals surface area (Å²) in [6.45, 7) is 0. The van der Waals surface area contributed by atoms with Gasteiger partial charge < -0.3 is 15.8 Å². The van der Waals surface area contributed by atoms with Gasteiger partial charge in [-0.15, -0.1) is 0 Å². The standard InChI is InChI=1S/C10H9BrFN5O/c1-18-10-16-8(13)15-9(17-10)14-7-3-2-5(12)4-6(7)11/h2-4H,1H3,(H3,13,14,15,16,17). The Labute approximate surface area is 111 Å². The second-order valence-electron chi connectivity index (χ2n) is 3.25. The van der Waals surface area contributed by atoms with E-state index in [0.717, 1.165) is 0 Å². The van der Waals surface area contributed by atoms with Crippen molar-refractivity contribution >= 4 is 33.5 Å². The highest BCUT2D eigenvalue weighted by Crippen LogP contribution is 2.25. The van der Waals surface area contributed by atoms with Gasteiger partial charge in [0.25, 0.3) is 0 Å². The molecule has 0 aliphatic heterocycles. The highest BCUT2D eigenvalue weighted by molar-refractivity contribution is 9.10. The van der Waals surface area contributed by atoms with Crippen molar-refractivity contribution in [2.45, 2.75) is 0 Å². The molecule has 0 atom stereocenters. The predicted octanol–water partition coefficient (Wildman–Crippen LogP) is 2.11. The maximum absolute atomic E-state index is 12.9. The fourth-order valence-corrected chi connectivity index (χ4v) is 1.68. The van der Waals surface area contributed by atoms with Crippen LogP contribution in [-0.2, 0) is 0 Å². The zero-order valence-corrected chi connectivity index (χ0v) is 10.9. The molecular weight excluding hydrogens is 305 g/mol. The summed E-state index contributed by atoms with van der Waals surface area (Å²) in [5.41, 5.74) is 6.10. The third-order valence-corrected chi connectivity index (χ3v) is 2.65. The second-order valence-corrected chi connectivity index (χ2v) is 4.11. The van der Waals surface area contributed by atoms with Crippen molar-refractivity contribution in [2.75, 3.05) is 18.2 Å². The Hall–Kier alpha value is -1.96. The van der Waals surface area contributed by atoms with Crippen molar-refractivity contribution in [1.82, 2.24) is 15.0 Å². The van der Waals surface area contributed by atoms with Crippen LogP contribution >= 0.6 is 15.9 Å². The number of nitrogens with zero attached hydrogens (tertiary/aromatic N) is 3. The lowest BCUT2D eigenvalue weighted by molar-refractivity contribution is 0.380. The molecule has 0 spiro atoms. The van der Waals surface area contributed by atoms with Crippen LogP contribution in [0.3, 0.4) is 0 Å². The van der Waals surface area contributed by atoms with Crippen LogP contribution in [-0.4, -0.2) is 22.1 Å². The van der Waals surface area contributed by atoms with Crippen LogP contribution in [0.2, 0.25) is 0 Å². The van der Waals surface area contributed by atoms with E-state index in [0.29, 0.717) is 10.2 Å². The van der Waals surface area contributed by atoms with Crippen LogP contribution in [0.4, 0.5) is 22.0 Å². The Bertz CT molecular complexity index is 580. The van der Waals surface area contributed by atoms with Gasteiger partial charge in [0.1, 0.15) is 5.82 Å². The number of nitrogens with two attached hydrogens (primary N) is 1. The minimum Gasteiger partial charge on any atom is -0.467 e. The number of methoxy groups -OCH3 is 1. The van der Waals surface area contributed by atoms with Crippen molar-refractivity contribution in [3.8, 4) is 6.01 Å². The monoisotopic (exact) mass is 313 g/mol. The van der Waals surface area contributed by atoms with Gasteiger partial charge in [-0.05, 0) is 34.1 Å². The first-order chi connectivity index (χ1) is 8.58. The molecule has 0 unspecified atom stereocenters.